The minimum absolute atomic E-state index is 0.00404. The summed E-state index contributed by atoms with van der Waals surface area (Å²) in [5.74, 6) is -0.0711. The third-order valence-electron chi connectivity index (χ3n) is 16.8. The highest BCUT2D eigenvalue weighted by Gasteiger charge is 2.18. The third-order valence-corrected chi connectivity index (χ3v) is 16.8. The summed E-state index contributed by atoms with van der Waals surface area (Å²) >= 11 is 0. The van der Waals surface area contributed by atoms with Gasteiger partial charge in [-0.15, -0.1) is 0 Å². The highest BCUT2D eigenvalue weighted by atomic mass is 16.5. The number of aliphatic hydroxyl groups is 2. The van der Waals surface area contributed by atoms with Crippen molar-refractivity contribution in [2.75, 3.05) is 13.2 Å². The van der Waals surface area contributed by atoms with Crippen LogP contribution in [0, 0.1) is 0 Å². The van der Waals surface area contributed by atoms with E-state index in [1.165, 1.54) is 302 Å². The Hall–Kier alpha value is -2.18. The van der Waals surface area contributed by atoms with Gasteiger partial charge in [0, 0.05) is 12.8 Å². The van der Waals surface area contributed by atoms with E-state index in [0.717, 1.165) is 64.2 Å². The molecule has 3 N–H and O–H groups in total. The van der Waals surface area contributed by atoms with Crippen molar-refractivity contribution >= 4 is 11.9 Å². The Labute approximate surface area is 506 Å². The van der Waals surface area contributed by atoms with Crippen molar-refractivity contribution in [2.45, 2.75) is 405 Å². The summed E-state index contributed by atoms with van der Waals surface area (Å²) < 4.78 is 5.50. The molecular formula is C75H141NO5. The molecule has 0 saturated carbocycles. The lowest BCUT2D eigenvalue weighted by Gasteiger charge is -2.20. The average Bonchev–Trinajstić information content (AvgIpc) is 3.47. The summed E-state index contributed by atoms with van der Waals surface area (Å²) in [5, 5.41) is 23.3. The molecule has 0 heterocycles. The minimum atomic E-state index is -0.854. The molecule has 0 aliphatic heterocycles. The lowest BCUT2D eigenvalue weighted by molar-refractivity contribution is -0.143. The van der Waals surface area contributed by atoms with Crippen molar-refractivity contribution in [1.29, 1.82) is 0 Å². The SMILES string of the molecule is CCCCCCCCC/C=C\CCCCCCCCCC(=O)OCCCCCCCCCCC/C=C\C/C=C\CCCCCCCCCC(=O)NC(CO)C(O)/C=C/CCCCCCCCCCCCCCCCCCCCCCC. The number of esters is 1. The number of allylic oxidation sites excluding steroid dienone is 7. The molecule has 1 amide bonds. The summed E-state index contributed by atoms with van der Waals surface area (Å²) in [6.45, 7) is 4.92. The molecule has 0 aromatic carbocycles. The summed E-state index contributed by atoms with van der Waals surface area (Å²) in [6, 6.07) is -0.638. The van der Waals surface area contributed by atoms with Gasteiger partial charge in [0.15, 0.2) is 0 Å². The first kappa shape index (κ1) is 78.8. The Morgan fingerprint density at radius 3 is 0.951 bits per heavy atom. The zero-order valence-corrected chi connectivity index (χ0v) is 54.5. The van der Waals surface area contributed by atoms with E-state index in [0.29, 0.717) is 19.4 Å². The average molecular weight is 1140 g/mol. The first-order valence-corrected chi connectivity index (χ1v) is 36.4. The predicted molar refractivity (Wildman–Crippen MR) is 356 cm³/mol. The molecule has 81 heavy (non-hydrogen) atoms. The Morgan fingerprint density at radius 1 is 0.346 bits per heavy atom. The van der Waals surface area contributed by atoms with Crippen LogP contribution in [0.15, 0.2) is 48.6 Å². The fourth-order valence-electron chi connectivity index (χ4n) is 11.3. The van der Waals surface area contributed by atoms with E-state index < -0.39 is 12.1 Å². The summed E-state index contributed by atoms with van der Waals surface area (Å²) in [5.41, 5.74) is 0. The smallest absolute Gasteiger partial charge is 0.305 e. The van der Waals surface area contributed by atoms with E-state index in [-0.39, 0.29) is 18.5 Å². The van der Waals surface area contributed by atoms with Gasteiger partial charge in [0.1, 0.15) is 0 Å². The molecular weight excluding hydrogens is 995 g/mol. The van der Waals surface area contributed by atoms with Gasteiger partial charge in [-0.25, -0.2) is 0 Å². The van der Waals surface area contributed by atoms with E-state index in [1.807, 2.05) is 6.08 Å². The molecule has 6 nitrogen and oxygen atoms in total. The molecule has 0 aliphatic carbocycles. The molecule has 0 saturated heterocycles. The van der Waals surface area contributed by atoms with E-state index in [1.54, 1.807) is 6.08 Å². The zero-order chi connectivity index (χ0) is 58.5. The van der Waals surface area contributed by atoms with Crippen LogP contribution >= 0.6 is 0 Å². The van der Waals surface area contributed by atoms with Crippen molar-refractivity contribution in [2.24, 2.45) is 0 Å². The molecule has 2 unspecified atom stereocenters. The maximum Gasteiger partial charge on any atom is 0.305 e. The van der Waals surface area contributed by atoms with Crippen LogP contribution < -0.4 is 5.32 Å². The minimum Gasteiger partial charge on any atom is -0.466 e. The lowest BCUT2D eigenvalue weighted by Crippen LogP contribution is -2.45. The van der Waals surface area contributed by atoms with Crippen LogP contribution in [0.5, 0.6) is 0 Å². The maximum absolute atomic E-state index is 12.5. The van der Waals surface area contributed by atoms with Gasteiger partial charge in [-0.05, 0) is 89.9 Å². The van der Waals surface area contributed by atoms with E-state index in [2.05, 4.69) is 55.6 Å². The molecule has 476 valence electrons. The van der Waals surface area contributed by atoms with E-state index in [9.17, 15) is 19.8 Å². The summed E-state index contributed by atoms with van der Waals surface area (Å²) in [4.78, 5) is 24.6. The number of amides is 1. The Morgan fingerprint density at radius 2 is 0.617 bits per heavy atom. The van der Waals surface area contributed by atoms with Gasteiger partial charge in [-0.1, -0.05) is 339 Å². The van der Waals surface area contributed by atoms with Gasteiger partial charge >= 0.3 is 5.97 Å². The fourth-order valence-corrected chi connectivity index (χ4v) is 11.3. The van der Waals surface area contributed by atoms with Gasteiger partial charge in [-0.3, -0.25) is 9.59 Å². The predicted octanol–water partition coefficient (Wildman–Crippen LogP) is 23.6. The Bertz CT molecular complexity index is 1360. The van der Waals surface area contributed by atoms with Crippen molar-refractivity contribution in [3.63, 3.8) is 0 Å². The van der Waals surface area contributed by atoms with Gasteiger partial charge in [0.25, 0.3) is 0 Å². The Kier molecular flexibility index (Phi) is 68.4. The Balaban J connectivity index is 3.47. The zero-order valence-electron chi connectivity index (χ0n) is 54.5. The molecule has 0 aliphatic rings. The quantitative estimate of drug-likeness (QED) is 0.0320. The second kappa shape index (κ2) is 70.3. The van der Waals surface area contributed by atoms with Crippen LogP contribution in [0.1, 0.15) is 393 Å². The van der Waals surface area contributed by atoms with Crippen LogP contribution in [-0.4, -0.2) is 47.4 Å². The number of nitrogens with one attached hydrogen (secondary N) is 1. The van der Waals surface area contributed by atoms with Crippen molar-refractivity contribution in [3.8, 4) is 0 Å². The summed E-state index contributed by atoms with van der Waals surface area (Å²) in [6.07, 6.45) is 91.9. The largest absolute Gasteiger partial charge is 0.466 e. The van der Waals surface area contributed by atoms with Gasteiger partial charge < -0.3 is 20.3 Å². The molecule has 0 radical (unpaired) electrons. The highest BCUT2D eigenvalue weighted by molar-refractivity contribution is 5.76. The van der Waals surface area contributed by atoms with E-state index in [4.69, 9.17) is 4.74 Å². The molecule has 2 atom stereocenters. The number of hydrogen-bond donors (Lipinski definition) is 3. The number of rotatable bonds is 68. The second-order valence-corrected chi connectivity index (χ2v) is 24.9. The monoisotopic (exact) mass is 1140 g/mol. The maximum atomic E-state index is 12.5. The topological polar surface area (TPSA) is 95.9 Å². The van der Waals surface area contributed by atoms with Gasteiger partial charge in [0.2, 0.25) is 5.91 Å². The van der Waals surface area contributed by atoms with Gasteiger partial charge in [0.05, 0.1) is 25.4 Å². The van der Waals surface area contributed by atoms with Crippen molar-refractivity contribution < 1.29 is 24.5 Å². The van der Waals surface area contributed by atoms with Crippen molar-refractivity contribution in [1.82, 2.24) is 5.32 Å². The number of hydrogen-bond acceptors (Lipinski definition) is 5. The number of ether oxygens (including phenoxy) is 1. The molecule has 6 heteroatoms. The lowest BCUT2D eigenvalue weighted by atomic mass is 10.0. The van der Waals surface area contributed by atoms with E-state index >= 15 is 0 Å². The second-order valence-electron chi connectivity index (χ2n) is 24.9. The fraction of sp³-hybridized carbons (Fsp3) is 0.867. The van der Waals surface area contributed by atoms with Crippen molar-refractivity contribution in [3.05, 3.63) is 48.6 Å². The first-order chi connectivity index (χ1) is 40.0. The molecule has 0 aromatic heterocycles. The number of carbonyl (C=O) groups is 2. The van der Waals surface area contributed by atoms with Crippen LogP contribution in [0.25, 0.3) is 0 Å². The number of aliphatic hydroxyl groups excluding tert-OH is 2. The number of carbonyl (C=O) groups excluding carboxylic acids is 2. The molecule has 0 fully saturated rings. The highest BCUT2D eigenvalue weighted by Crippen LogP contribution is 2.18. The number of unbranched alkanes of at least 4 members (excludes halogenated alkanes) is 51. The standard InChI is InChI=1S/C75H141NO5/c1-3-5-7-9-11-13-15-17-19-21-23-24-26-29-32-35-39-43-47-51-55-59-63-67-73(78)72(71-77)76-74(79)68-64-60-56-52-48-44-40-36-33-30-27-25-28-31-34-38-42-46-50-54-58-62-66-70-81-75(80)69-65-61-57-53-49-45-41-37-22-20-18-16-14-12-10-8-6-4-2/h20,22,25,28,30,33,63,67,72-73,77-78H,3-19,21,23-24,26-27,29,31-32,34-62,64-66,68-71H2,1-2H3,(H,76,79)/b22-20-,28-25-,33-30-,67-63+. The van der Waals surface area contributed by atoms with Crippen LogP contribution in [0.2, 0.25) is 0 Å². The molecule has 0 aromatic rings. The molecule has 0 spiro atoms. The van der Waals surface area contributed by atoms with Crippen LogP contribution in [0.3, 0.4) is 0 Å². The molecule has 0 rings (SSSR count). The third kappa shape index (κ3) is 66.8. The first-order valence-electron chi connectivity index (χ1n) is 36.4. The molecule has 0 bridgehead atoms. The van der Waals surface area contributed by atoms with Gasteiger partial charge in [-0.2, -0.15) is 0 Å². The summed E-state index contributed by atoms with van der Waals surface area (Å²) in [7, 11) is 0. The van der Waals surface area contributed by atoms with Crippen LogP contribution in [-0.2, 0) is 14.3 Å². The normalized spacial score (nSPS) is 12.8. The van der Waals surface area contributed by atoms with Crippen LogP contribution in [0.4, 0.5) is 0 Å².